The van der Waals surface area contributed by atoms with Crippen LogP contribution in [0.1, 0.15) is 158 Å². The van der Waals surface area contributed by atoms with Crippen molar-refractivity contribution >= 4 is 0 Å². The summed E-state index contributed by atoms with van der Waals surface area (Å²) in [5.41, 5.74) is 7.45. The summed E-state index contributed by atoms with van der Waals surface area (Å²) in [7, 11) is 2.15. The topological polar surface area (TPSA) is 50.1 Å². The van der Waals surface area contributed by atoms with E-state index in [1.165, 1.54) is 77.0 Å². The van der Waals surface area contributed by atoms with Crippen LogP contribution in [0.5, 0.6) is 0 Å². The van der Waals surface area contributed by atoms with Crippen molar-refractivity contribution in [3.8, 4) is 0 Å². The minimum atomic E-state index is 0.118. The molecule has 3 nitrogen and oxygen atoms in total. The predicted octanol–water partition coefficient (Wildman–Crippen LogP) is 9.75. The monoisotopic (exact) mass is 572 g/mol. The molecule has 4 aliphatic rings. The minimum Gasteiger partial charge on any atom is -0.316 e. The average Bonchev–Trinajstić information content (AvgIpc) is 2.95. The Morgan fingerprint density at radius 3 is 1.49 bits per heavy atom. The van der Waals surface area contributed by atoms with Gasteiger partial charge in [-0.25, -0.2) is 0 Å². The Morgan fingerprint density at radius 2 is 1.07 bits per heavy atom. The largest absolute Gasteiger partial charge is 0.316 e. The van der Waals surface area contributed by atoms with Gasteiger partial charge in [-0.15, -0.1) is 0 Å². The molecule has 4 aliphatic carbocycles. The molecule has 6 atom stereocenters. The Morgan fingerprint density at radius 1 is 0.610 bits per heavy atom. The van der Waals surface area contributed by atoms with Crippen LogP contribution in [0.3, 0.4) is 0 Å². The van der Waals surface area contributed by atoms with Gasteiger partial charge in [-0.2, -0.15) is 0 Å². The van der Waals surface area contributed by atoms with Crippen LogP contribution in [0, 0.1) is 64.1 Å². The summed E-state index contributed by atoms with van der Waals surface area (Å²) in [5, 5.41) is 7.43. The molecule has 4 N–H and O–H groups in total. The maximum atomic E-state index is 6.47. The molecule has 0 spiro atoms. The molecule has 0 heterocycles. The second kappa shape index (κ2) is 14.8. The Hall–Kier alpha value is -0.120. The minimum absolute atomic E-state index is 0.118. The van der Waals surface area contributed by atoms with E-state index in [1.807, 2.05) is 0 Å². The fourth-order valence-electron chi connectivity index (χ4n) is 10.6. The van der Waals surface area contributed by atoms with Gasteiger partial charge in [-0.3, -0.25) is 5.32 Å². The summed E-state index contributed by atoms with van der Waals surface area (Å²) < 4.78 is 0. The van der Waals surface area contributed by atoms with Gasteiger partial charge < -0.3 is 11.1 Å². The van der Waals surface area contributed by atoms with E-state index in [9.17, 15) is 0 Å². The lowest BCUT2D eigenvalue weighted by Gasteiger charge is -2.49. The molecule has 0 saturated heterocycles. The van der Waals surface area contributed by atoms with Crippen molar-refractivity contribution in [1.82, 2.24) is 10.6 Å². The third-order valence-corrected chi connectivity index (χ3v) is 13.3. The van der Waals surface area contributed by atoms with Crippen LogP contribution in [-0.2, 0) is 0 Å². The van der Waals surface area contributed by atoms with E-state index in [-0.39, 0.29) is 6.17 Å². The highest BCUT2D eigenvalue weighted by Crippen LogP contribution is 2.53. The molecule has 0 bridgehead atoms. The van der Waals surface area contributed by atoms with E-state index >= 15 is 0 Å². The zero-order valence-corrected chi connectivity index (χ0v) is 28.9. The smallest absolute Gasteiger partial charge is 0.0610 e. The Bertz CT molecular complexity index is 706. The van der Waals surface area contributed by atoms with E-state index in [2.05, 4.69) is 66.1 Å². The summed E-state index contributed by atoms with van der Waals surface area (Å²) in [6.45, 7) is 17.2. The van der Waals surface area contributed by atoms with E-state index in [0.29, 0.717) is 17.0 Å². The molecule has 4 saturated carbocycles. The highest BCUT2D eigenvalue weighted by Gasteiger charge is 2.43. The molecule has 0 amide bonds. The molecule has 0 aromatic carbocycles. The number of hydrogen-bond acceptors (Lipinski definition) is 3. The number of hydrogen-bond donors (Lipinski definition) is 3. The molecule has 6 unspecified atom stereocenters. The van der Waals surface area contributed by atoms with Gasteiger partial charge in [0.1, 0.15) is 0 Å². The molecule has 0 aromatic heterocycles. The second-order valence-corrected chi connectivity index (χ2v) is 18.0. The van der Waals surface area contributed by atoms with Crippen molar-refractivity contribution in [3.63, 3.8) is 0 Å². The van der Waals surface area contributed by atoms with Crippen molar-refractivity contribution in [2.24, 2.45) is 69.8 Å². The lowest BCUT2D eigenvalue weighted by Crippen LogP contribution is -2.54. The summed E-state index contributed by atoms with van der Waals surface area (Å²) in [6.07, 6.45) is 25.0. The van der Waals surface area contributed by atoms with Gasteiger partial charge in [0.05, 0.1) is 12.3 Å². The lowest BCUT2D eigenvalue weighted by molar-refractivity contribution is 0.0152. The summed E-state index contributed by atoms with van der Waals surface area (Å²) in [5.74, 6) is 8.49. The fraction of sp³-hybridized carbons (Fsp3) is 1.00. The zero-order valence-electron chi connectivity index (χ0n) is 28.9. The highest BCUT2D eigenvalue weighted by atomic mass is 15.2. The SMILES string of the molecule is CCCC(N)NC(NC)C1CCCC(C2CC(C3CCC(C(C)(C)C)CC3)CC(C3CCC(C(C)(C)C)CC3)C2)C1. The number of nitrogens with two attached hydrogens (primary N) is 1. The van der Waals surface area contributed by atoms with Crippen LogP contribution in [-0.4, -0.2) is 19.4 Å². The molecule has 240 valence electrons. The van der Waals surface area contributed by atoms with E-state index in [0.717, 1.165) is 66.1 Å². The first-order chi connectivity index (χ1) is 19.4. The summed E-state index contributed by atoms with van der Waals surface area (Å²) >= 11 is 0. The van der Waals surface area contributed by atoms with Crippen LogP contribution in [0.4, 0.5) is 0 Å². The Labute approximate surface area is 257 Å². The van der Waals surface area contributed by atoms with Crippen LogP contribution in [0.15, 0.2) is 0 Å². The van der Waals surface area contributed by atoms with Crippen LogP contribution >= 0.6 is 0 Å². The van der Waals surface area contributed by atoms with Gasteiger partial charge in [-0.05, 0) is 161 Å². The maximum Gasteiger partial charge on any atom is 0.0610 e. The maximum absolute atomic E-state index is 6.47. The summed E-state index contributed by atoms with van der Waals surface area (Å²) in [6, 6.07) is 0. The first-order valence-electron chi connectivity index (χ1n) is 18.6. The van der Waals surface area contributed by atoms with Gasteiger partial charge in [0.2, 0.25) is 0 Å². The third kappa shape index (κ3) is 9.20. The van der Waals surface area contributed by atoms with Gasteiger partial charge in [0.15, 0.2) is 0 Å². The third-order valence-electron chi connectivity index (χ3n) is 13.3. The lowest BCUT2D eigenvalue weighted by atomic mass is 9.57. The Kier molecular flexibility index (Phi) is 12.2. The van der Waals surface area contributed by atoms with Crippen molar-refractivity contribution in [2.45, 2.75) is 170 Å². The molecule has 0 aliphatic heterocycles. The second-order valence-electron chi connectivity index (χ2n) is 18.0. The predicted molar refractivity (Wildman–Crippen MR) is 178 cm³/mol. The molecule has 3 heteroatoms. The van der Waals surface area contributed by atoms with Crippen molar-refractivity contribution in [1.29, 1.82) is 0 Å². The van der Waals surface area contributed by atoms with Gasteiger partial charge >= 0.3 is 0 Å². The molecular weight excluding hydrogens is 498 g/mol. The van der Waals surface area contributed by atoms with E-state index in [4.69, 9.17) is 5.73 Å². The molecule has 4 rings (SSSR count). The zero-order chi connectivity index (χ0) is 29.8. The quantitative estimate of drug-likeness (QED) is 0.241. The number of nitrogens with one attached hydrogen (secondary N) is 2. The number of rotatable bonds is 9. The fourth-order valence-corrected chi connectivity index (χ4v) is 10.6. The normalized spacial score (nSPS) is 39.3. The van der Waals surface area contributed by atoms with E-state index < -0.39 is 0 Å². The van der Waals surface area contributed by atoms with Crippen LogP contribution in [0.2, 0.25) is 0 Å². The molecule has 4 fully saturated rings. The van der Waals surface area contributed by atoms with Crippen molar-refractivity contribution in [2.75, 3.05) is 7.05 Å². The Balaban J connectivity index is 1.44. The molecule has 41 heavy (non-hydrogen) atoms. The standard InChI is InChI=1S/C38H73N3/c1-9-11-35(39)41-36(40-8)29-13-10-12-28(22-29)32-24-30(26-14-18-33(19-15-26)37(2,3)4)23-31(25-32)27-16-20-34(21-17-27)38(5,6)7/h26-36,40-41H,9-25,39H2,1-8H3. The molecule has 0 radical (unpaired) electrons. The van der Waals surface area contributed by atoms with Gasteiger partial charge in [0, 0.05) is 0 Å². The summed E-state index contributed by atoms with van der Waals surface area (Å²) in [4.78, 5) is 0. The highest BCUT2D eigenvalue weighted by molar-refractivity contribution is 4.94. The average molecular weight is 572 g/mol. The molecule has 0 aromatic rings. The first kappa shape index (κ1) is 33.8. The van der Waals surface area contributed by atoms with Crippen LogP contribution in [0.25, 0.3) is 0 Å². The van der Waals surface area contributed by atoms with Gasteiger partial charge in [0.25, 0.3) is 0 Å². The van der Waals surface area contributed by atoms with Crippen molar-refractivity contribution < 1.29 is 0 Å². The van der Waals surface area contributed by atoms with Crippen LogP contribution < -0.4 is 16.4 Å². The first-order valence-corrected chi connectivity index (χ1v) is 18.6. The van der Waals surface area contributed by atoms with Crippen molar-refractivity contribution in [3.05, 3.63) is 0 Å². The molecular formula is C38H73N3. The van der Waals surface area contributed by atoms with Gasteiger partial charge in [-0.1, -0.05) is 67.7 Å². The van der Waals surface area contributed by atoms with E-state index in [1.54, 1.807) is 19.3 Å².